The van der Waals surface area contributed by atoms with E-state index in [1.54, 1.807) is 0 Å². The van der Waals surface area contributed by atoms with Crippen molar-refractivity contribution in [3.8, 4) is 0 Å². The highest BCUT2D eigenvalue weighted by atomic mass is 17.2. The molecule has 0 radical (unpaired) electrons. The molecule has 9 fully saturated rings. The molecule has 25 N–H and O–H groups in total. The zero-order valence-electron chi connectivity index (χ0n) is 53.6. The maximum Gasteiger partial charge on any atom is 0.218 e. The first kappa shape index (κ1) is 80.0. The van der Waals surface area contributed by atoms with Gasteiger partial charge in [0.15, 0.2) is 62.9 Å². The van der Waals surface area contributed by atoms with Gasteiger partial charge in [0.25, 0.3) is 0 Å². The van der Waals surface area contributed by atoms with Crippen LogP contribution in [0.25, 0.3) is 0 Å². The Hall–Kier alpha value is -3.11. The predicted molar refractivity (Wildman–Crippen MR) is 305 cm³/mol. The first-order valence-electron chi connectivity index (χ1n) is 31.7. The monoisotopic (exact) mass is 1450 g/mol. The molecule has 0 aromatic heterocycles. The lowest BCUT2D eigenvalue weighted by atomic mass is 9.93. The number of hydrogen-bond donors (Lipinski definition) is 25. The number of aliphatic hydroxyl groups is 20. The van der Waals surface area contributed by atoms with E-state index in [-0.39, 0.29) is 0 Å². The van der Waals surface area contributed by atoms with E-state index in [9.17, 15) is 122 Å². The summed E-state index contributed by atoms with van der Waals surface area (Å²) in [4.78, 5) is 38.4. The van der Waals surface area contributed by atoms with Crippen LogP contribution in [0.1, 0.15) is 27.7 Å². The number of ether oxygens (including phenoxy) is 15. The van der Waals surface area contributed by atoms with Crippen LogP contribution < -0.4 is 21.3 Å². The summed E-state index contributed by atoms with van der Waals surface area (Å²) >= 11 is 0. The number of fused-ring (bicyclic) bond motifs is 1. The van der Waals surface area contributed by atoms with Crippen LogP contribution in [0.4, 0.5) is 0 Å². The topological polar surface area (TPSA) is 675 Å². The van der Waals surface area contributed by atoms with Crippen molar-refractivity contribution in [3.63, 3.8) is 0 Å². The van der Waals surface area contributed by atoms with Gasteiger partial charge in [0, 0.05) is 20.8 Å². The summed E-state index contributed by atoms with van der Waals surface area (Å²) < 4.78 is 90.4. The average Bonchev–Trinajstić information content (AvgIpc) is 1.56. The molecule has 9 saturated heterocycles. The van der Waals surface area contributed by atoms with Crippen molar-refractivity contribution in [1.82, 2.24) is 21.3 Å². The first-order valence-corrected chi connectivity index (χ1v) is 31.7. The number of nitrogens with one attached hydrogen (secondary N) is 4. The molecule has 0 saturated carbocycles. The smallest absolute Gasteiger partial charge is 0.218 e. The van der Waals surface area contributed by atoms with Crippen molar-refractivity contribution in [2.24, 2.45) is 0 Å². The van der Waals surface area contributed by atoms with Gasteiger partial charge in [-0.05, 0) is 6.92 Å². The van der Waals surface area contributed by atoms with Gasteiger partial charge in [-0.2, -0.15) is 0 Å². The molecule has 0 aromatic carbocycles. The molecule has 9 aliphatic rings. The molecule has 572 valence electrons. The van der Waals surface area contributed by atoms with Crippen LogP contribution >= 0.6 is 0 Å². The summed E-state index contributed by atoms with van der Waals surface area (Å²) in [6.07, 6.45) is -70.9. The Kier molecular flexibility index (Phi) is 27.1. The third-order valence-corrected chi connectivity index (χ3v) is 18.5. The number of amides is 3. The second kappa shape index (κ2) is 33.6. The van der Waals surface area contributed by atoms with Crippen LogP contribution in [-0.4, -0.2) is 423 Å². The van der Waals surface area contributed by atoms with E-state index in [0.717, 1.165) is 27.9 Å². The third kappa shape index (κ3) is 17.1. The predicted octanol–water partition coefficient (Wildman–Crippen LogP) is -16.4. The number of carbonyl (C=O) groups is 3. The molecule has 0 spiro atoms. The molecule has 0 aliphatic carbocycles. The van der Waals surface area contributed by atoms with Crippen molar-refractivity contribution in [3.05, 3.63) is 0 Å². The zero-order valence-corrected chi connectivity index (χ0v) is 53.6. The summed E-state index contributed by atoms with van der Waals surface area (Å²) in [6.45, 7) is -2.04. The summed E-state index contributed by atoms with van der Waals surface area (Å²) in [5, 5.41) is 242. The van der Waals surface area contributed by atoms with Gasteiger partial charge < -0.3 is 189 Å². The van der Waals surface area contributed by atoms with Crippen LogP contribution in [0.15, 0.2) is 0 Å². The van der Waals surface area contributed by atoms with Crippen LogP contribution in [0.2, 0.25) is 0 Å². The molecule has 9 heterocycles. The van der Waals surface area contributed by atoms with E-state index in [2.05, 4.69) is 21.3 Å². The Morgan fingerprint density at radius 1 is 0.394 bits per heavy atom. The summed E-state index contributed by atoms with van der Waals surface area (Å²) in [5.41, 5.74) is -1.75. The van der Waals surface area contributed by atoms with Crippen LogP contribution in [0, 0.1) is 0 Å². The highest BCUT2D eigenvalue weighted by Gasteiger charge is 2.69. The minimum atomic E-state index is -2.45. The number of aliphatic hydroxyl groups excluding tert-OH is 20. The Morgan fingerprint density at radius 2 is 0.798 bits per heavy atom. The van der Waals surface area contributed by atoms with Crippen molar-refractivity contribution in [1.29, 1.82) is 0 Å². The second-order valence-electron chi connectivity index (χ2n) is 25.6. The maximum atomic E-state index is 13.1. The lowest BCUT2D eigenvalue weighted by Gasteiger charge is -2.51. The van der Waals surface area contributed by atoms with E-state index >= 15 is 0 Å². The van der Waals surface area contributed by atoms with Gasteiger partial charge in [0.1, 0.15) is 183 Å². The minimum Gasteiger partial charge on any atom is -0.394 e. The highest BCUT2D eigenvalue weighted by molar-refractivity contribution is 5.75. The Bertz CT molecular complexity index is 2620. The number of carbonyl (C=O) groups excluding carboxylic acids is 3. The quantitative estimate of drug-likeness (QED) is 0.0175. The molecule has 9 rings (SSSR count). The molecule has 0 aromatic rings. The van der Waals surface area contributed by atoms with Crippen LogP contribution in [0.5, 0.6) is 0 Å². The van der Waals surface area contributed by atoms with Gasteiger partial charge in [0.05, 0.1) is 45.7 Å². The molecule has 99 heavy (non-hydrogen) atoms. The van der Waals surface area contributed by atoms with E-state index in [0.29, 0.717) is 0 Å². The molecule has 40 atom stereocenters. The standard InChI is InChI=1S/C55H92N4O40/c1-13-26(67)33(74)37(78)49(86-13)85-11-22-43(46(82)55(58-16(4)66)54(59-55)93-22)96-47-24(56-14(2)64)31(72)42(20(9-63)89-47)95-52-40(81)44(30(71)21(91-52)10-84-50-38(79)34(75)27(68)17(6-60)87-50)97-53-45(36(77)28(69)18(7-61)88-53)98-48-25(57-15(3)65)32(73)41(19(8-62)90-48)94-51-39(80)35(76)29(70)23(92-51)12-99(5)83/h13,17-54,59-63,67-83H,6-12H2,1-5H3,(H2-,56,57,58,64,65,66)/p+1/t13-,17+,18+,19+,20+,21+,22+,23+,24+,25+,26+,27+,28+,29-,30+,31+,32+,33+,34-,35-,36-,37-,38-,39+,40-,41+,42+,43+,44-,45-,46-,47-,48-,49+,50-,51-,52-,53+,54-,55-/m0/s1. The van der Waals surface area contributed by atoms with E-state index in [4.69, 9.17) is 71.1 Å². The average molecular weight is 1450 g/mol. The van der Waals surface area contributed by atoms with Crippen molar-refractivity contribution < 1.29 is 197 Å². The number of hydrogen-bond acceptors (Lipinski definition) is 40. The van der Waals surface area contributed by atoms with Crippen LogP contribution in [-0.2, 0) is 90.0 Å². The Balaban J connectivity index is 1.000. The van der Waals surface area contributed by atoms with Crippen LogP contribution in [0.3, 0.4) is 0 Å². The van der Waals surface area contributed by atoms with Gasteiger partial charge in [-0.1, -0.05) is 0 Å². The lowest BCUT2D eigenvalue weighted by molar-refractivity contribution is -0.433. The van der Waals surface area contributed by atoms with E-state index < -0.39 is 309 Å². The largest absolute Gasteiger partial charge is 0.394 e. The Labute approximate surface area is 561 Å². The molecule has 0 bridgehead atoms. The molecule has 3 amide bonds. The van der Waals surface area contributed by atoms with Gasteiger partial charge in [0.2, 0.25) is 24.3 Å². The summed E-state index contributed by atoms with van der Waals surface area (Å²) in [5.74, 6) is -2.47. The van der Waals surface area contributed by atoms with Gasteiger partial charge in [-0.25, -0.2) is 4.52 Å². The minimum absolute atomic E-state index is 0.548. The molecule has 44 heteroatoms. The molecule has 9 aliphatic heterocycles. The maximum absolute atomic E-state index is 13.1. The number of rotatable bonds is 25. The van der Waals surface area contributed by atoms with E-state index in [1.807, 2.05) is 0 Å². The lowest BCUT2D eigenvalue weighted by Crippen LogP contribution is -2.70. The molecular weight excluding hydrogens is 1360 g/mol. The fraction of sp³-hybridized carbons (Fsp3) is 0.945. The van der Waals surface area contributed by atoms with Gasteiger partial charge in [-0.15, -0.1) is 5.26 Å². The SMILES string of the molecule is CC(=O)N[C@H]1[C@H](O[C@@H]2[C@@H](CO[C@@H]3O[C@@H](C)[C@@H](O)[C@@H](O)[C@@H]3O)O[C@@H]3N[C@@]3(NC(C)=O)[C@H]2O)O[C@H](CO)[C@@H](O[C@@H]2O[C@H](CO[C@H]3O[C@H](CO)[C@@H](O)[C@H](O)[C@@H]3O)[C@@H](O)[C@H](O[C@H]3O[C@H](CO)[C@@H](O)[C@H](O)[C@@H]3O[C@@H]3O[C@H](CO)[C@@H](O[C@@H]4O[C@H](C[O+](C)O)[C@H](O)[C@H](O)[C@H]4O)[C@H](O)[C@H]3NC(C)=O)[C@@H]2O)[C@@H]1O. The molecular formula is C55H93N4O40+. The summed E-state index contributed by atoms with van der Waals surface area (Å²) in [7, 11) is 1.09. The van der Waals surface area contributed by atoms with E-state index in [1.165, 1.54) is 11.4 Å². The van der Waals surface area contributed by atoms with Crippen molar-refractivity contribution in [2.45, 2.75) is 273 Å². The fourth-order valence-electron chi connectivity index (χ4n) is 13.1. The van der Waals surface area contributed by atoms with Gasteiger partial charge >= 0.3 is 0 Å². The molecule has 44 nitrogen and oxygen atoms in total. The van der Waals surface area contributed by atoms with Gasteiger partial charge in [-0.3, -0.25) is 19.7 Å². The second-order valence-corrected chi connectivity index (χ2v) is 25.6. The Morgan fingerprint density at radius 3 is 1.30 bits per heavy atom. The van der Waals surface area contributed by atoms with Crippen molar-refractivity contribution >= 4 is 17.7 Å². The zero-order chi connectivity index (χ0) is 72.7. The normalized spacial score (nSPS) is 50.3. The third-order valence-electron chi connectivity index (χ3n) is 18.5. The highest BCUT2D eigenvalue weighted by Crippen LogP contribution is 2.42. The summed E-state index contributed by atoms with van der Waals surface area (Å²) in [6, 6.07) is -3.74. The fourth-order valence-corrected chi connectivity index (χ4v) is 13.1. The van der Waals surface area contributed by atoms with Crippen molar-refractivity contribution in [2.75, 3.05) is 53.4 Å². The first-order chi connectivity index (χ1) is 46.7. The molecule has 0 unspecified atom stereocenters.